The van der Waals surface area contributed by atoms with Crippen LogP contribution in [0.15, 0.2) is 22.8 Å². The summed E-state index contributed by atoms with van der Waals surface area (Å²) < 4.78 is 10.7. The predicted octanol–water partition coefficient (Wildman–Crippen LogP) is 1.71. The number of methoxy groups -OCH3 is 1. The number of piperidine rings is 1. The van der Waals surface area contributed by atoms with Gasteiger partial charge in [0, 0.05) is 26.1 Å². The van der Waals surface area contributed by atoms with Gasteiger partial charge in [-0.25, -0.2) is 0 Å². The Bertz CT molecular complexity index is 478. The molecule has 1 spiro atoms. The number of hydrogen-bond donors (Lipinski definition) is 0. The van der Waals surface area contributed by atoms with Gasteiger partial charge in [-0.2, -0.15) is 0 Å². The van der Waals surface area contributed by atoms with Gasteiger partial charge in [-0.1, -0.05) is 0 Å². The molecule has 0 N–H and O–H groups in total. The zero-order valence-corrected chi connectivity index (χ0v) is 12.9. The second-order valence-electron chi connectivity index (χ2n) is 6.48. The number of furan rings is 1. The van der Waals surface area contributed by atoms with E-state index >= 15 is 0 Å². The smallest absolute Gasteiger partial charge is 0.289 e. The van der Waals surface area contributed by atoms with Gasteiger partial charge in [-0.15, -0.1) is 0 Å². The average Bonchev–Trinajstić information content (AvgIpc) is 3.12. The van der Waals surface area contributed by atoms with Gasteiger partial charge in [0.05, 0.1) is 12.9 Å². The normalized spacial score (nSPS) is 25.6. The maximum absolute atomic E-state index is 12.5. The molecule has 0 aromatic carbocycles. The first-order valence-electron chi connectivity index (χ1n) is 7.65. The SMILES string of the molecule is COCC1CN(C(=O)c2ccco2)CC12CCN(C)CC2. The van der Waals surface area contributed by atoms with Crippen molar-refractivity contribution in [3.8, 4) is 0 Å². The summed E-state index contributed by atoms with van der Waals surface area (Å²) in [6.07, 6.45) is 3.83. The van der Waals surface area contributed by atoms with Crippen LogP contribution >= 0.6 is 0 Å². The molecule has 5 heteroatoms. The van der Waals surface area contributed by atoms with Crippen molar-refractivity contribution in [2.45, 2.75) is 12.8 Å². The number of carbonyl (C=O) groups is 1. The van der Waals surface area contributed by atoms with Crippen LogP contribution in [0.2, 0.25) is 0 Å². The molecule has 0 bridgehead atoms. The van der Waals surface area contributed by atoms with Crippen molar-refractivity contribution in [2.75, 3.05) is 46.9 Å². The quantitative estimate of drug-likeness (QED) is 0.851. The fraction of sp³-hybridized carbons (Fsp3) is 0.688. The van der Waals surface area contributed by atoms with E-state index in [0.717, 1.165) is 45.6 Å². The standard InChI is InChI=1S/C16H24N2O3/c1-17-7-5-16(6-8-17)12-18(10-13(16)11-20-2)15(19)14-4-3-9-21-14/h3-4,9,13H,5-8,10-12H2,1-2H3. The molecule has 2 aliphatic heterocycles. The molecule has 1 aromatic rings. The molecule has 116 valence electrons. The van der Waals surface area contributed by atoms with Gasteiger partial charge < -0.3 is 19.0 Å². The summed E-state index contributed by atoms with van der Waals surface area (Å²) >= 11 is 0. The lowest BCUT2D eigenvalue weighted by molar-refractivity contribution is 0.0443. The van der Waals surface area contributed by atoms with Crippen LogP contribution in [0, 0.1) is 11.3 Å². The van der Waals surface area contributed by atoms with Crippen LogP contribution in [0.3, 0.4) is 0 Å². The Labute approximate surface area is 125 Å². The first kappa shape index (κ1) is 14.6. The van der Waals surface area contributed by atoms with Crippen molar-refractivity contribution in [3.63, 3.8) is 0 Å². The van der Waals surface area contributed by atoms with Crippen molar-refractivity contribution >= 4 is 5.91 Å². The average molecular weight is 292 g/mol. The third kappa shape index (κ3) is 2.72. The highest BCUT2D eigenvalue weighted by atomic mass is 16.5. The fourth-order valence-corrected chi connectivity index (χ4v) is 3.81. The summed E-state index contributed by atoms with van der Waals surface area (Å²) in [5.74, 6) is 0.878. The maximum atomic E-state index is 12.5. The highest BCUT2D eigenvalue weighted by Gasteiger charge is 2.49. The van der Waals surface area contributed by atoms with Gasteiger partial charge in [0.25, 0.3) is 5.91 Å². The minimum absolute atomic E-state index is 0.0110. The lowest BCUT2D eigenvalue weighted by Crippen LogP contribution is -2.44. The third-order valence-corrected chi connectivity index (χ3v) is 5.18. The molecule has 0 radical (unpaired) electrons. The lowest BCUT2D eigenvalue weighted by atomic mass is 9.71. The summed E-state index contributed by atoms with van der Waals surface area (Å²) in [7, 11) is 3.92. The monoisotopic (exact) mass is 292 g/mol. The van der Waals surface area contributed by atoms with E-state index in [1.54, 1.807) is 25.5 Å². The Hall–Kier alpha value is -1.33. The number of nitrogens with zero attached hydrogens (tertiary/aromatic N) is 2. The number of carbonyl (C=O) groups excluding carboxylic acids is 1. The molecule has 2 saturated heterocycles. The van der Waals surface area contributed by atoms with Gasteiger partial charge in [0.1, 0.15) is 0 Å². The van der Waals surface area contributed by atoms with E-state index in [0.29, 0.717) is 11.7 Å². The predicted molar refractivity (Wildman–Crippen MR) is 79.1 cm³/mol. The summed E-state index contributed by atoms with van der Waals surface area (Å²) in [6, 6.07) is 3.51. The Balaban J connectivity index is 1.76. The Morgan fingerprint density at radius 1 is 1.48 bits per heavy atom. The molecule has 2 fully saturated rings. The zero-order chi connectivity index (χ0) is 14.9. The number of likely N-dealkylation sites (tertiary alicyclic amines) is 2. The molecule has 0 aliphatic carbocycles. The van der Waals surface area contributed by atoms with E-state index in [1.165, 1.54) is 0 Å². The largest absolute Gasteiger partial charge is 0.459 e. The van der Waals surface area contributed by atoms with Crippen molar-refractivity contribution < 1.29 is 13.9 Å². The van der Waals surface area contributed by atoms with E-state index in [2.05, 4.69) is 11.9 Å². The van der Waals surface area contributed by atoms with Gasteiger partial charge in [0.15, 0.2) is 5.76 Å². The molecule has 0 saturated carbocycles. The van der Waals surface area contributed by atoms with E-state index < -0.39 is 0 Å². The zero-order valence-electron chi connectivity index (χ0n) is 12.9. The highest BCUT2D eigenvalue weighted by Crippen LogP contribution is 2.44. The summed E-state index contributed by atoms with van der Waals surface area (Å²) in [5, 5.41) is 0. The van der Waals surface area contributed by atoms with Crippen LogP contribution in [-0.2, 0) is 4.74 Å². The molecule has 5 nitrogen and oxygen atoms in total. The molecule has 3 rings (SSSR count). The van der Waals surface area contributed by atoms with Crippen molar-refractivity contribution in [3.05, 3.63) is 24.2 Å². The fourth-order valence-electron chi connectivity index (χ4n) is 3.81. The number of hydrogen-bond acceptors (Lipinski definition) is 4. The van der Waals surface area contributed by atoms with Crippen LogP contribution in [0.1, 0.15) is 23.4 Å². The molecule has 1 unspecified atom stereocenters. The summed E-state index contributed by atoms with van der Waals surface area (Å²) in [5.41, 5.74) is 0.213. The van der Waals surface area contributed by atoms with Gasteiger partial charge in [-0.3, -0.25) is 4.79 Å². The van der Waals surface area contributed by atoms with Crippen LogP contribution < -0.4 is 0 Å². The third-order valence-electron chi connectivity index (χ3n) is 5.18. The molecule has 1 amide bonds. The van der Waals surface area contributed by atoms with Crippen molar-refractivity contribution in [1.29, 1.82) is 0 Å². The Morgan fingerprint density at radius 3 is 2.86 bits per heavy atom. The van der Waals surface area contributed by atoms with Crippen LogP contribution in [-0.4, -0.2) is 62.7 Å². The van der Waals surface area contributed by atoms with Crippen LogP contribution in [0.5, 0.6) is 0 Å². The molecule has 2 aliphatic rings. The molecule has 1 atom stereocenters. The maximum Gasteiger partial charge on any atom is 0.289 e. The Morgan fingerprint density at radius 2 is 2.24 bits per heavy atom. The first-order chi connectivity index (χ1) is 10.1. The van der Waals surface area contributed by atoms with Crippen molar-refractivity contribution in [2.24, 2.45) is 11.3 Å². The lowest BCUT2D eigenvalue weighted by Gasteiger charge is -2.41. The van der Waals surface area contributed by atoms with Gasteiger partial charge in [0.2, 0.25) is 0 Å². The molecule has 21 heavy (non-hydrogen) atoms. The second-order valence-corrected chi connectivity index (χ2v) is 6.48. The summed E-state index contributed by atoms with van der Waals surface area (Å²) in [6.45, 7) is 4.53. The highest BCUT2D eigenvalue weighted by molar-refractivity contribution is 5.91. The minimum Gasteiger partial charge on any atom is -0.459 e. The first-order valence-corrected chi connectivity index (χ1v) is 7.65. The molecule has 1 aromatic heterocycles. The molecular weight excluding hydrogens is 268 g/mol. The van der Waals surface area contributed by atoms with Crippen LogP contribution in [0.4, 0.5) is 0 Å². The Kier molecular flexibility index (Phi) is 4.04. The van der Waals surface area contributed by atoms with Crippen LogP contribution in [0.25, 0.3) is 0 Å². The topological polar surface area (TPSA) is 45.9 Å². The molecule has 3 heterocycles. The molecular formula is C16H24N2O3. The van der Waals surface area contributed by atoms with Gasteiger partial charge in [-0.05, 0) is 50.5 Å². The van der Waals surface area contributed by atoms with E-state index in [4.69, 9.17) is 9.15 Å². The van der Waals surface area contributed by atoms with E-state index in [-0.39, 0.29) is 11.3 Å². The minimum atomic E-state index is 0.0110. The number of rotatable bonds is 3. The summed E-state index contributed by atoms with van der Waals surface area (Å²) in [4.78, 5) is 16.8. The van der Waals surface area contributed by atoms with Gasteiger partial charge >= 0.3 is 0 Å². The number of ether oxygens (including phenoxy) is 1. The van der Waals surface area contributed by atoms with E-state index in [9.17, 15) is 4.79 Å². The van der Waals surface area contributed by atoms with Crippen molar-refractivity contribution in [1.82, 2.24) is 9.80 Å². The second kappa shape index (κ2) is 5.81. The number of amides is 1. The van der Waals surface area contributed by atoms with E-state index in [1.807, 2.05) is 4.90 Å².